The van der Waals surface area contributed by atoms with E-state index in [9.17, 15) is 18.4 Å². The molecule has 0 saturated carbocycles. The summed E-state index contributed by atoms with van der Waals surface area (Å²) in [6.07, 6.45) is 0. The standard InChI is InChI=1S/C22H25F2N5O2/c1-3-28(4-2)9-10-29-19-8-6-5-7-18(19)26-22(29)27-20(30)14-25-21(31)15-11-16(23)13-17(24)12-15/h5-8,11-13H,3-4,9-10,14H2,1-2H3,(H,25,31)(H,26,27,30). The largest absolute Gasteiger partial charge is 0.343 e. The van der Waals surface area contributed by atoms with Crippen LogP contribution in [0.2, 0.25) is 0 Å². The van der Waals surface area contributed by atoms with Crippen molar-refractivity contribution >= 4 is 28.8 Å². The van der Waals surface area contributed by atoms with E-state index in [1.807, 2.05) is 28.8 Å². The first kappa shape index (κ1) is 22.4. The van der Waals surface area contributed by atoms with Gasteiger partial charge in [-0.1, -0.05) is 26.0 Å². The van der Waals surface area contributed by atoms with Gasteiger partial charge in [0.05, 0.1) is 17.6 Å². The fourth-order valence-corrected chi connectivity index (χ4v) is 3.29. The molecule has 2 amide bonds. The van der Waals surface area contributed by atoms with Crippen LogP contribution in [0.15, 0.2) is 42.5 Å². The quantitative estimate of drug-likeness (QED) is 0.548. The number of carbonyl (C=O) groups excluding carboxylic acids is 2. The van der Waals surface area contributed by atoms with Crippen LogP contribution in [0.25, 0.3) is 11.0 Å². The number of benzene rings is 2. The lowest BCUT2D eigenvalue weighted by molar-refractivity contribution is -0.115. The normalized spacial score (nSPS) is 11.1. The van der Waals surface area contributed by atoms with Crippen LogP contribution >= 0.6 is 0 Å². The van der Waals surface area contributed by atoms with Crippen LogP contribution in [-0.4, -0.2) is 52.4 Å². The molecule has 0 aliphatic heterocycles. The van der Waals surface area contributed by atoms with Crippen molar-refractivity contribution in [1.82, 2.24) is 19.8 Å². The van der Waals surface area contributed by atoms with E-state index in [4.69, 9.17) is 0 Å². The first-order valence-corrected chi connectivity index (χ1v) is 10.1. The molecule has 0 saturated heterocycles. The molecule has 0 unspecified atom stereocenters. The Morgan fingerprint density at radius 3 is 2.42 bits per heavy atom. The fourth-order valence-electron chi connectivity index (χ4n) is 3.29. The summed E-state index contributed by atoms with van der Waals surface area (Å²) in [6, 6.07) is 10.0. The maximum Gasteiger partial charge on any atom is 0.251 e. The molecule has 2 N–H and O–H groups in total. The smallest absolute Gasteiger partial charge is 0.251 e. The van der Waals surface area contributed by atoms with Crippen LogP contribution in [0, 0.1) is 11.6 Å². The number of halogens is 2. The van der Waals surface area contributed by atoms with Gasteiger partial charge < -0.3 is 14.8 Å². The van der Waals surface area contributed by atoms with Crippen molar-refractivity contribution in [2.24, 2.45) is 0 Å². The zero-order valence-corrected chi connectivity index (χ0v) is 17.5. The molecular formula is C22H25F2N5O2. The summed E-state index contributed by atoms with van der Waals surface area (Å²) < 4.78 is 28.5. The third-order valence-corrected chi connectivity index (χ3v) is 4.97. The molecule has 9 heteroatoms. The maximum absolute atomic E-state index is 13.3. The molecule has 0 atom stereocenters. The molecule has 7 nitrogen and oxygen atoms in total. The van der Waals surface area contributed by atoms with E-state index in [0.29, 0.717) is 18.6 Å². The van der Waals surface area contributed by atoms with Gasteiger partial charge in [-0.3, -0.25) is 14.9 Å². The highest BCUT2D eigenvalue weighted by Gasteiger charge is 2.15. The highest BCUT2D eigenvalue weighted by Crippen LogP contribution is 2.19. The summed E-state index contributed by atoms with van der Waals surface area (Å²) in [5.74, 6) is -2.59. The topological polar surface area (TPSA) is 79.3 Å². The monoisotopic (exact) mass is 429 g/mol. The zero-order chi connectivity index (χ0) is 22.4. The molecule has 164 valence electrons. The van der Waals surface area contributed by atoms with Gasteiger partial charge in [-0.25, -0.2) is 13.8 Å². The van der Waals surface area contributed by atoms with Crippen molar-refractivity contribution in [3.05, 3.63) is 59.7 Å². The van der Waals surface area contributed by atoms with Gasteiger partial charge >= 0.3 is 0 Å². The fraction of sp³-hybridized carbons (Fsp3) is 0.318. The minimum atomic E-state index is -0.864. The van der Waals surface area contributed by atoms with E-state index < -0.39 is 23.4 Å². The Morgan fingerprint density at radius 2 is 1.74 bits per heavy atom. The summed E-state index contributed by atoms with van der Waals surface area (Å²) in [5, 5.41) is 5.09. The molecule has 2 aromatic carbocycles. The van der Waals surface area contributed by atoms with Crippen LogP contribution in [0.1, 0.15) is 24.2 Å². The molecule has 3 aromatic rings. The van der Waals surface area contributed by atoms with E-state index >= 15 is 0 Å². The molecule has 0 spiro atoms. The minimum Gasteiger partial charge on any atom is -0.343 e. The number of carbonyl (C=O) groups is 2. The molecule has 3 rings (SSSR count). The number of hydrogen-bond donors (Lipinski definition) is 2. The van der Waals surface area contributed by atoms with Crippen molar-refractivity contribution in [3.63, 3.8) is 0 Å². The maximum atomic E-state index is 13.3. The second-order valence-corrected chi connectivity index (χ2v) is 6.99. The molecule has 31 heavy (non-hydrogen) atoms. The summed E-state index contributed by atoms with van der Waals surface area (Å²) in [6.45, 7) is 7.06. The van der Waals surface area contributed by atoms with Gasteiger partial charge in [-0.2, -0.15) is 0 Å². The summed E-state index contributed by atoms with van der Waals surface area (Å²) in [7, 11) is 0. The molecule has 0 bridgehead atoms. The molecule has 1 heterocycles. The van der Waals surface area contributed by atoms with Gasteiger partial charge in [0, 0.05) is 24.7 Å². The van der Waals surface area contributed by atoms with Gasteiger partial charge in [0.25, 0.3) is 5.91 Å². The predicted molar refractivity (Wildman–Crippen MR) is 115 cm³/mol. The first-order valence-electron chi connectivity index (χ1n) is 10.1. The van der Waals surface area contributed by atoms with Gasteiger partial charge in [0.2, 0.25) is 11.9 Å². The SMILES string of the molecule is CCN(CC)CCn1c(NC(=O)CNC(=O)c2cc(F)cc(F)c2)nc2ccccc21. The number of amides is 2. The number of aromatic nitrogens is 2. The van der Waals surface area contributed by atoms with E-state index in [2.05, 4.69) is 34.4 Å². The van der Waals surface area contributed by atoms with Crippen LogP contribution in [-0.2, 0) is 11.3 Å². The Balaban J connectivity index is 1.69. The van der Waals surface area contributed by atoms with E-state index in [1.54, 1.807) is 0 Å². The van der Waals surface area contributed by atoms with E-state index in [0.717, 1.165) is 42.8 Å². The van der Waals surface area contributed by atoms with Gasteiger partial charge in [0.15, 0.2) is 0 Å². The third-order valence-electron chi connectivity index (χ3n) is 4.97. The Kier molecular flexibility index (Phi) is 7.30. The number of imidazole rings is 1. The Labute approximate surface area is 179 Å². The van der Waals surface area contributed by atoms with Crippen molar-refractivity contribution in [3.8, 4) is 0 Å². The van der Waals surface area contributed by atoms with Crippen LogP contribution in [0.3, 0.4) is 0 Å². The number of rotatable bonds is 9. The molecule has 0 aliphatic rings. The lowest BCUT2D eigenvalue weighted by Gasteiger charge is -2.19. The first-order chi connectivity index (χ1) is 14.9. The van der Waals surface area contributed by atoms with Crippen molar-refractivity contribution in [2.75, 3.05) is 31.5 Å². The van der Waals surface area contributed by atoms with Crippen molar-refractivity contribution < 1.29 is 18.4 Å². The summed E-state index contributed by atoms with van der Waals surface area (Å²) >= 11 is 0. The molecule has 0 aliphatic carbocycles. The average molecular weight is 429 g/mol. The summed E-state index contributed by atoms with van der Waals surface area (Å²) in [5.41, 5.74) is 1.44. The summed E-state index contributed by atoms with van der Waals surface area (Å²) in [4.78, 5) is 31.3. The number of para-hydroxylation sites is 2. The number of nitrogens with one attached hydrogen (secondary N) is 2. The van der Waals surface area contributed by atoms with Gasteiger partial charge in [-0.15, -0.1) is 0 Å². The molecule has 0 fully saturated rings. The highest BCUT2D eigenvalue weighted by atomic mass is 19.1. The highest BCUT2D eigenvalue weighted by molar-refractivity contribution is 5.99. The molecule has 1 aromatic heterocycles. The van der Waals surface area contributed by atoms with Crippen molar-refractivity contribution in [2.45, 2.75) is 20.4 Å². The number of nitrogens with zero attached hydrogens (tertiary/aromatic N) is 3. The molecular weight excluding hydrogens is 404 g/mol. The lowest BCUT2D eigenvalue weighted by Crippen LogP contribution is -2.34. The number of fused-ring (bicyclic) bond motifs is 1. The lowest BCUT2D eigenvalue weighted by atomic mass is 10.2. The average Bonchev–Trinajstić information content (AvgIpc) is 3.09. The molecule has 0 radical (unpaired) electrons. The third kappa shape index (κ3) is 5.64. The number of hydrogen-bond acceptors (Lipinski definition) is 4. The van der Waals surface area contributed by atoms with E-state index in [-0.39, 0.29) is 12.1 Å². The Hall–Kier alpha value is -3.33. The number of anilines is 1. The Bertz CT molecular complexity index is 1060. The van der Waals surface area contributed by atoms with E-state index in [1.165, 1.54) is 0 Å². The second kappa shape index (κ2) is 10.1. The minimum absolute atomic E-state index is 0.197. The number of likely N-dealkylation sites (N-methyl/N-ethyl adjacent to an activating group) is 1. The van der Waals surface area contributed by atoms with Gasteiger partial charge in [0.1, 0.15) is 11.6 Å². The van der Waals surface area contributed by atoms with Crippen LogP contribution in [0.4, 0.5) is 14.7 Å². The second-order valence-electron chi connectivity index (χ2n) is 6.99. The van der Waals surface area contributed by atoms with Crippen molar-refractivity contribution in [1.29, 1.82) is 0 Å². The van der Waals surface area contributed by atoms with Gasteiger partial charge in [-0.05, 0) is 37.4 Å². The zero-order valence-electron chi connectivity index (χ0n) is 17.5. The van der Waals surface area contributed by atoms with Crippen LogP contribution in [0.5, 0.6) is 0 Å². The van der Waals surface area contributed by atoms with Crippen LogP contribution < -0.4 is 10.6 Å². The predicted octanol–water partition coefficient (Wildman–Crippen LogP) is 3.02. The Morgan fingerprint density at radius 1 is 1.06 bits per heavy atom.